The Hall–Kier alpha value is -2.24. The summed E-state index contributed by atoms with van der Waals surface area (Å²) in [5.41, 5.74) is 0.840. The summed E-state index contributed by atoms with van der Waals surface area (Å²) in [5.74, 6) is -10.1. The average Bonchev–Trinajstić information content (AvgIpc) is 2.56. The van der Waals surface area contributed by atoms with Crippen LogP contribution in [0.25, 0.3) is 0 Å². The fraction of sp³-hybridized carbons (Fsp3) is 0.381. The molecule has 27 heavy (non-hydrogen) atoms. The van der Waals surface area contributed by atoms with Gasteiger partial charge in [0.1, 0.15) is 5.69 Å². The first-order valence-corrected chi connectivity index (χ1v) is 8.45. The molecule has 0 atom stereocenters. The minimum atomic E-state index is -2.20. The number of rotatable bonds is 2. The molecule has 2 aromatic carbocycles. The SMILES string of the molecule is CC(C)(C)c1cc(/C=N/c2c(F)c(F)c(F)c(F)c2F)cc(C(C)(C)C)c1. The Morgan fingerprint density at radius 2 is 1.00 bits per heavy atom. The lowest BCUT2D eigenvalue weighted by Crippen LogP contribution is -2.17. The van der Waals surface area contributed by atoms with E-state index in [0.29, 0.717) is 5.56 Å². The third-order valence-corrected chi connectivity index (χ3v) is 4.22. The summed E-state index contributed by atoms with van der Waals surface area (Å²) in [7, 11) is 0. The maximum absolute atomic E-state index is 13.8. The van der Waals surface area contributed by atoms with E-state index in [9.17, 15) is 22.0 Å². The molecule has 0 unspecified atom stereocenters. The van der Waals surface area contributed by atoms with Crippen molar-refractivity contribution in [3.63, 3.8) is 0 Å². The normalized spacial score (nSPS) is 12.9. The maximum atomic E-state index is 13.8. The van der Waals surface area contributed by atoms with Crippen LogP contribution in [0.4, 0.5) is 27.6 Å². The number of hydrogen-bond donors (Lipinski definition) is 0. The molecule has 0 amide bonds. The second kappa shape index (κ2) is 7.06. The van der Waals surface area contributed by atoms with Gasteiger partial charge in [0.2, 0.25) is 5.82 Å². The molecule has 0 N–H and O–H groups in total. The molecule has 2 aromatic rings. The Labute approximate surface area is 155 Å². The molecule has 2 rings (SSSR count). The molecule has 0 saturated heterocycles. The van der Waals surface area contributed by atoms with Crippen molar-refractivity contribution in [2.75, 3.05) is 0 Å². The van der Waals surface area contributed by atoms with Crippen molar-refractivity contribution in [1.29, 1.82) is 0 Å². The first-order valence-electron chi connectivity index (χ1n) is 8.45. The summed E-state index contributed by atoms with van der Waals surface area (Å²) in [6.45, 7) is 12.1. The average molecular weight is 383 g/mol. The zero-order chi connectivity index (χ0) is 20.7. The van der Waals surface area contributed by atoms with Crippen LogP contribution in [0.2, 0.25) is 0 Å². The lowest BCUT2D eigenvalue weighted by Gasteiger charge is -2.25. The Balaban J connectivity index is 2.61. The lowest BCUT2D eigenvalue weighted by molar-refractivity contribution is 0.381. The van der Waals surface area contributed by atoms with Crippen LogP contribution in [0.15, 0.2) is 23.2 Å². The van der Waals surface area contributed by atoms with Gasteiger partial charge < -0.3 is 0 Å². The van der Waals surface area contributed by atoms with Gasteiger partial charge in [0.05, 0.1) is 0 Å². The second-order valence-electron chi connectivity index (χ2n) is 8.52. The van der Waals surface area contributed by atoms with Gasteiger partial charge in [-0.15, -0.1) is 0 Å². The number of halogens is 5. The van der Waals surface area contributed by atoms with Gasteiger partial charge in [-0.05, 0) is 39.7 Å². The smallest absolute Gasteiger partial charge is 0.200 e. The quantitative estimate of drug-likeness (QED) is 0.236. The minimum Gasteiger partial charge on any atom is -0.250 e. The summed E-state index contributed by atoms with van der Waals surface area (Å²) >= 11 is 0. The van der Waals surface area contributed by atoms with Gasteiger partial charge in [-0.25, -0.2) is 26.9 Å². The van der Waals surface area contributed by atoms with Gasteiger partial charge in [0.25, 0.3) is 0 Å². The molecule has 0 aliphatic rings. The minimum absolute atomic E-state index is 0.200. The highest BCUT2D eigenvalue weighted by atomic mass is 19.2. The first kappa shape index (κ1) is 21.1. The van der Waals surface area contributed by atoms with E-state index in [1.807, 2.05) is 47.6 Å². The van der Waals surface area contributed by atoms with Crippen LogP contribution in [0.5, 0.6) is 0 Å². The highest BCUT2D eigenvalue weighted by molar-refractivity contribution is 5.83. The van der Waals surface area contributed by atoms with Crippen LogP contribution in [0.3, 0.4) is 0 Å². The highest BCUT2D eigenvalue weighted by Crippen LogP contribution is 2.32. The van der Waals surface area contributed by atoms with Crippen molar-refractivity contribution in [1.82, 2.24) is 0 Å². The zero-order valence-electron chi connectivity index (χ0n) is 16.1. The van der Waals surface area contributed by atoms with E-state index in [2.05, 4.69) is 4.99 Å². The van der Waals surface area contributed by atoms with Gasteiger partial charge >= 0.3 is 0 Å². The molecule has 6 heteroatoms. The van der Waals surface area contributed by atoms with Crippen LogP contribution in [0, 0.1) is 29.1 Å². The van der Waals surface area contributed by atoms with E-state index in [1.165, 1.54) is 0 Å². The lowest BCUT2D eigenvalue weighted by atomic mass is 9.79. The number of benzene rings is 2. The van der Waals surface area contributed by atoms with Crippen LogP contribution >= 0.6 is 0 Å². The standard InChI is InChI=1S/C21H22F5N/c1-20(2,3)12-7-11(8-13(9-12)21(4,5)6)10-27-19-17(25)15(23)14(22)16(24)18(19)26/h7-10H,1-6H3/b27-10+. The van der Waals surface area contributed by atoms with E-state index in [0.717, 1.165) is 17.3 Å². The van der Waals surface area contributed by atoms with E-state index in [1.54, 1.807) is 12.1 Å². The summed E-state index contributed by atoms with van der Waals surface area (Å²) in [6.07, 6.45) is 1.11. The van der Waals surface area contributed by atoms with Crippen molar-refractivity contribution in [3.05, 3.63) is 64.0 Å². The van der Waals surface area contributed by atoms with E-state index < -0.39 is 34.8 Å². The Morgan fingerprint density at radius 1 is 0.630 bits per heavy atom. The summed E-state index contributed by atoms with van der Waals surface area (Å²) in [5, 5.41) is 0. The molecular weight excluding hydrogens is 361 g/mol. The number of hydrogen-bond acceptors (Lipinski definition) is 1. The van der Waals surface area contributed by atoms with E-state index in [4.69, 9.17) is 0 Å². The predicted molar refractivity (Wildman–Crippen MR) is 97.3 cm³/mol. The molecule has 0 aliphatic carbocycles. The fourth-order valence-corrected chi connectivity index (χ4v) is 2.44. The molecule has 0 spiro atoms. The van der Waals surface area contributed by atoms with Crippen LogP contribution < -0.4 is 0 Å². The van der Waals surface area contributed by atoms with Crippen LogP contribution in [-0.4, -0.2) is 6.21 Å². The molecule has 0 aliphatic heterocycles. The molecule has 0 aromatic heterocycles. The Kier molecular flexibility index (Phi) is 5.51. The molecule has 0 radical (unpaired) electrons. The van der Waals surface area contributed by atoms with Gasteiger partial charge in [0.15, 0.2) is 23.3 Å². The fourth-order valence-electron chi connectivity index (χ4n) is 2.44. The summed E-state index contributed by atoms with van der Waals surface area (Å²) < 4.78 is 67.4. The Bertz CT molecular complexity index is 841. The zero-order valence-corrected chi connectivity index (χ0v) is 16.1. The molecule has 0 heterocycles. The van der Waals surface area contributed by atoms with Crippen LogP contribution in [-0.2, 0) is 10.8 Å². The summed E-state index contributed by atoms with van der Waals surface area (Å²) in [6, 6.07) is 5.60. The van der Waals surface area contributed by atoms with Crippen molar-refractivity contribution in [2.45, 2.75) is 52.4 Å². The van der Waals surface area contributed by atoms with Crippen molar-refractivity contribution < 1.29 is 22.0 Å². The second-order valence-corrected chi connectivity index (χ2v) is 8.52. The maximum Gasteiger partial charge on any atom is 0.200 e. The molecule has 1 nitrogen and oxygen atoms in total. The van der Waals surface area contributed by atoms with Gasteiger partial charge in [-0.3, -0.25) is 0 Å². The monoisotopic (exact) mass is 383 g/mol. The Morgan fingerprint density at radius 3 is 1.37 bits per heavy atom. The molecule has 0 saturated carbocycles. The topological polar surface area (TPSA) is 12.4 Å². The van der Waals surface area contributed by atoms with Crippen molar-refractivity contribution in [3.8, 4) is 0 Å². The van der Waals surface area contributed by atoms with Gasteiger partial charge in [-0.2, -0.15) is 0 Å². The van der Waals surface area contributed by atoms with E-state index in [-0.39, 0.29) is 10.8 Å². The molecule has 0 bridgehead atoms. The first-order chi connectivity index (χ1) is 12.2. The van der Waals surface area contributed by atoms with Crippen molar-refractivity contribution >= 4 is 11.9 Å². The highest BCUT2D eigenvalue weighted by Gasteiger charge is 2.25. The number of aliphatic imine (C=N–C) groups is 1. The third kappa shape index (κ3) is 4.37. The van der Waals surface area contributed by atoms with Crippen LogP contribution in [0.1, 0.15) is 58.2 Å². The van der Waals surface area contributed by atoms with E-state index >= 15 is 0 Å². The largest absolute Gasteiger partial charge is 0.250 e. The van der Waals surface area contributed by atoms with Crippen molar-refractivity contribution in [2.24, 2.45) is 4.99 Å². The number of nitrogens with zero attached hydrogens (tertiary/aromatic N) is 1. The summed E-state index contributed by atoms with van der Waals surface area (Å²) in [4.78, 5) is 3.56. The third-order valence-electron chi connectivity index (χ3n) is 4.22. The molecular formula is C21H22F5N. The molecule has 0 fully saturated rings. The van der Waals surface area contributed by atoms with Gasteiger partial charge in [0, 0.05) is 6.21 Å². The molecule has 146 valence electrons. The predicted octanol–water partition coefficient (Wildman–Crippen LogP) is 6.73. The van der Waals surface area contributed by atoms with Gasteiger partial charge in [-0.1, -0.05) is 47.6 Å².